The highest BCUT2D eigenvalue weighted by atomic mass is 15.2. The third-order valence-corrected chi connectivity index (χ3v) is 17.0. The molecule has 2 heteroatoms. The van der Waals surface area contributed by atoms with Crippen LogP contribution in [0.15, 0.2) is 241 Å². The van der Waals surface area contributed by atoms with Crippen LogP contribution in [0.3, 0.4) is 0 Å². The summed E-state index contributed by atoms with van der Waals surface area (Å²) in [6.07, 6.45) is 15.8. The van der Waals surface area contributed by atoms with Gasteiger partial charge in [0.2, 0.25) is 0 Å². The first kappa shape index (κ1) is 42.2. The number of allylic oxidation sites excluding steroid dienone is 6. The number of hydrogen-bond donors (Lipinski definition) is 0. The van der Waals surface area contributed by atoms with E-state index in [2.05, 4.69) is 242 Å². The molecular formula is C71H54N2. The summed E-state index contributed by atoms with van der Waals surface area (Å²) in [6, 6.07) is 74.2. The van der Waals surface area contributed by atoms with Crippen molar-refractivity contribution in [1.29, 1.82) is 0 Å². The second-order valence-electron chi connectivity index (χ2n) is 21.4. The first-order chi connectivity index (χ1) is 36.0. The summed E-state index contributed by atoms with van der Waals surface area (Å²) in [6.45, 7) is 4.78. The zero-order valence-corrected chi connectivity index (χ0v) is 41.4. The standard InChI is InChI=1S/C71H54N2/c1-71(2)63-26-12-11-24-56(63)57-36-33-47(42-64(57)71)55-23-9-10-25-58(55)70-60-38-35-53(72-65-27-13-5-19-48(65)40-49-20-6-14-28-66(49)72)43-61(60)69(52-32-31-45-17-3-4-18-46(45)39-52)59-37-34-54(44-62(59)70)73-67-29-15-7-21-50(67)41-51-22-8-16-30-68(51)73/h3-5,7,9-19,21,23-39,42-44H,6,8,20,22,40-41H2,1-2H3. The third kappa shape index (κ3) is 6.49. The Morgan fingerprint density at radius 3 is 1.60 bits per heavy atom. The minimum atomic E-state index is -0.120. The second-order valence-corrected chi connectivity index (χ2v) is 21.4. The van der Waals surface area contributed by atoms with Crippen LogP contribution in [0.1, 0.15) is 61.8 Å². The number of anilines is 4. The van der Waals surface area contributed by atoms with E-state index in [4.69, 9.17) is 0 Å². The lowest BCUT2D eigenvalue weighted by Gasteiger charge is -2.36. The van der Waals surface area contributed by atoms with E-state index in [1.165, 1.54) is 144 Å². The van der Waals surface area contributed by atoms with Crippen molar-refractivity contribution >= 4 is 55.1 Å². The summed E-state index contributed by atoms with van der Waals surface area (Å²) in [5.41, 5.74) is 26.2. The lowest BCUT2D eigenvalue weighted by molar-refractivity contribution is 0.660. The maximum absolute atomic E-state index is 2.55. The minimum absolute atomic E-state index is 0.120. The Hall–Kier alpha value is -8.46. The van der Waals surface area contributed by atoms with Crippen LogP contribution in [-0.2, 0) is 18.3 Å². The normalized spacial score (nSPS) is 16.1. The van der Waals surface area contributed by atoms with Crippen molar-refractivity contribution in [3.8, 4) is 44.5 Å². The molecule has 0 amide bonds. The van der Waals surface area contributed by atoms with Gasteiger partial charge < -0.3 is 9.80 Å². The molecule has 73 heavy (non-hydrogen) atoms. The SMILES string of the molecule is CC1(C)c2ccccc2-c2ccc(-c3ccccc3-c3c4ccc(N5C6=C(CCC=C6)Cc6ccccc65)cc4c(-c4ccc5ccccc5c4)c4ccc(N5C6=C(CCC=C6)Cc6ccccc65)cc34)cc21. The average molecular weight is 935 g/mol. The van der Waals surface area contributed by atoms with Gasteiger partial charge in [-0.1, -0.05) is 172 Å². The van der Waals surface area contributed by atoms with Gasteiger partial charge in [-0.2, -0.15) is 0 Å². The summed E-state index contributed by atoms with van der Waals surface area (Å²) in [7, 11) is 0. The number of benzene rings is 10. The van der Waals surface area contributed by atoms with E-state index in [0.29, 0.717) is 0 Å². The highest BCUT2D eigenvalue weighted by Crippen LogP contribution is 2.54. The topological polar surface area (TPSA) is 6.48 Å². The fourth-order valence-electron chi connectivity index (χ4n) is 13.5. The molecule has 0 spiro atoms. The fourth-order valence-corrected chi connectivity index (χ4v) is 13.5. The molecule has 0 N–H and O–H groups in total. The Morgan fingerprint density at radius 2 is 0.918 bits per heavy atom. The van der Waals surface area contributed by atoms with Crippen LogP contribution in [0.4, 0.5) is 22.7 Å². The Balaban J connectivity index is 1.05. The molecule has 0 bridgehead atoms. The molecule has 0 unspecified atom stereocenters. The van der Waals surface area contributed by atoms with E-state index in [9.17, 15) is 0 Å². The summed E-state index contributed by atoms with van der Waals surface area (Å²) in [5, 5.41) is 7.47. The van der Waals surface area contributed by atoms with Crippen molar-refractivity contribution in [3.05, 3.63) is 263 Å². The largest absolute Gasteiger partial charge is 0.310 e. The van der Waals surface area contributed by atoms with Crippen molar-refractivity contribution in [2.45, 2.75) is 57.8 Å². The van der Waals surface area contributed by atoms with Gasteiger partial charge in [0.15, 0.2) is 0 Å². The van der Waals surface area contributed by atoms with Gasteiger partial charge in [0.25, 0.3) is 0 Å². The van der Waals surface area contributed by atoms with Crippen molar-refractivity contribution < 1.29 is 0 Å². The Kier molecular flexibility index (Phi) is 9.42. The van der Waals surface area contributed by atoms with E-state index in [-0.39, 0.29) is 5.41 Å². The molecule has 2 nitrogen and oxygen atoms in total. The van der Waals surface area contributed by atoms with Crippen LogP contribution >= 0.6 is 0 Å². The maximum atomic E-state index is 2.55. The van der Waals surface area contributed by atoms with Crippen LogP contribution in [-0.4, -0.2) is 0 Å². The molecule has 2 heterocycles. The molecule has 3 aliphatic carbocycles. The monoisotopic (exact) mass is 934 g/mol. The molecular weight excluding hydrogens is 881 g/mol. The molecule has 0 aromatic heterocycles. The summed E-state index contributed by atoms with van der Waals surface area (Å²) < 4.78 is 0. The Bertz CT molecular complexity index is 4130. The minimum Gasteiger partial charge on any atom is -0.310 e. The van der Waals surface area contributed by atoms with Gasteiger partial charge in [0.05, 0.1) is 0 Å². The van der Waals surface area contributed by atoms with Crippen molar-refractivity contribution in [2.24, 2.45) is 0 Å². The number of rotatable bonds is 5. The zero-order valence-electron chi connectivity index (χ0n) is 41.4. The molecule has 10 aromatic rings. The highest BCUT2D eigenvalue weighted by Gasteiger charge is 2.36. The zero-order chi connectivity index (χ0) is 48.4. The van der Waals surface area contributed by atoms with Gasteiger partial charge in [0, 0.05) is 39.6 Å². The summed E-state index contributed by atoms with van der Waals surface area (Å²) >= 11 is 0. The summed E-state index contributed by atoms with van der Waals surface area (Å²) in [5.74, 6) is 0. The summed E-state index contributed by atoms with van der Waals surface area (Å²) in [4.78, 5) is 5.11. The molecule has 348 valence electrons. The number of hydrogen-bond acceptors (Lipinski definition) is 2. The van der Waals surface area contributed by atoms with Gasteiger partial charge in [0.1, 0.15) is 0 Å². The predicted molar refractivity (Wildman–Crippen MR) is 308 cm³/mol. The molecule has 0 saturated heterocycles. The number of nitrogens with zero attached hydrogens (tertiary/aromatic N) is 2. The lowest BCUT2D eigenvalue weighted by Crippen LogP contribution is -2.24. The van der Waals surface area contributed by atoms with Crippen LogP contribution in [0, 0.1) is 0 Å². The molecule has 0 fully saturated rings. The van der Waals surface area contributed by atoms with Crippen LogP contribution in [0.2, 0.25) is 0 Å². The first-order valence-electron chi connectivity index (χ1n) is 26.4. The average Bonchev–Trinajstić information content (AvgIpc) is 3.67. The molecule has 5 aliphatic rings. The third-order valence-electron chi connectivity index (χ3n) is 17.0. The molecule has 0 radical (unpaired) electrons. The van der Waals surface area contributed by atoms with E-state index < -0.39 is 0 Å². The second kappa shape index (κ2) is 16.3. The molecule has 0 saturated carbocycles. The van der Waals surface area contributed by atoms with Crippen LogP contribution in [0.25, 0.3) is 76.8 Å². The van der Waals surface area contributed by atoms with E-state index in [1.54, 1.807) is 0 Å². The van der Waals surface area contributed by atoms with Crippen molar-refractivity contribution in [1.82, 2.24) is 0 Å². The van der Waals surface area contributed by atoms with Crippen molar-refractivity contribution in [3.63, 3.8) is 0 Å². The number of fused-ring (bicyclic) bond motifs is 8. The molecule has 0 atom stereocenters. The number of para-hydroxylation sites is 2. The van der Waals surface area contributed by atoms with E-state index >= 15 is 0 Å². The van der Waals surface area contributed by atoms with E-state index in [1.807, 2.05) is 0 Å². The lowest BCUT2D eigenvalue weighted by atomic mass is 9.80. The van der Waals surface area contributed by atoms with Gasteiger partial charge in [-0.15, -0.1) is 0 Å². The quantitative estimate of drug-likeness (QED) is 0.159. The maximum Gasteiger partial charge on any atom is 0.0496 e. The van der Waals surface area contributed by atoms with Crippen molar-refractivity contribution in [2.75, 3.05) is 9.80 Å². The molecule has 2 aliphatic heterocycles. The van der Waals surface area contributed by atoms with Crippen LogP contribution < -0.4 is 9.80 Å². The van der Waals surface area contributed by atoms with Crippen LogP contribution in [0.5, 0.6) is 0 Å². The fraction of sp³-hybridized carbons (Fsp3) is 0.127. The van der Waals surface area contributed by atoms with E-state index in [0.717, 1.165) is 38.5 Å². The molecule has 10 aromatic carbocycles. The van der Waals surface area contributed by atoms with Gasteiger partial charge in [-0.3, -0.25) is 0 Å². The van der Waals surface area contributed by atoms with Gasteiger partial charge in [-0.05, 0) is 209 Å². The molecule has 15 rings (SSSR count). The predicted octanol–water partition coefficient (Wildman–Crippen LogP) is 19.1. The van der Waals surface area contributed by atoms with Gasteiger partial charge in [-0.25, -0.2) is 0 Å². The first-order valence-corrected chi connectivity index (χ1v) is 26.4. The highest BCUT2D eigenvalue weighted by molar-refractivity contribution is 6.24. The smallest absolute Gasteiger partial charge is 0.0496 e. The Labute approximate surface area is 428 Å². The van der Waals surface area contributed by atoms with Gasteiger partial charge >= 0.3 is 0 Å². The Morgan fingerprint density at radius 1 is 0.384 bits per heavy atom.